The summed E-state index contributed by atoms with van der Waals surface area (Å²) in [5.41, 5.74) is 0. The molecule has 0 saturated carbocycles. The van der Waals surface area contributed by atoms with E-state index in [1.165, 1.54) is 0 Å². The van der Waals surface area contributed by atoms with Crippen LogP contribution < -0.4 is 0 Å². The molecule has 0 unspecified atom stereocenters. The van der Waals surface area contributed by atoms with Gasteiger partial charge in [0.15, 0.2) is 0 Å². The molecule has 0 aliphatic heterocycles. The van der Waals surface area contributed by atoms with Gasteiger partial charge in [0, 0.05) is 25.5 Å². The zero-order valence-electron chi connectivity index (χ0n) is 8.70. The van der Waals surface area contributed by atoms with Crippen molar-refractivity contribution in [1.82, 2.24) is 10.1 Å². The van der Waals surface area contributed by atoms with Gasteiger partial charge in [0.05, 0.1) is 0 Å². The number of hydrogen-bond donors (Lipinski definition) is 0. The van der Waals surface area contributed by atoms with Crippen LogP contribution in [0.15, 0.2) is 25.6 Å². The molecular formula is C10H20N2O. The van der Waals surface area contributed by atoms with Crippen LogP contribution >= 0.6 is 0 Å². The first-order valence-corrected chi connectivity index (χ1v) is 4.74. The Bertz CT molecular complexity index is 132. The Kier molecular flexibility index (Phi) is 7.11. The van der Waals surface area contributed by atoms with Gasteiger partial charge in [-0.05, 0) is 12.8 Å². The van der Waals surface area contributed by atoms with Crippen molar-refractivity contribution >= 4 is 0 Å². The molecule has 0 rings (SSSR count). The van der Waals surface area contributed by atoms with E-state index in [0.717, 1.165) is 25.9 Å². The lowest BCUT2D eigenvalue weighted by molar-refractivity contribution is -0.279. The van der Waals surface area contributed by atoms with Crippen LogP contribution in [0.3, 0.4) is 0 Å². The normalized spacial score (nSPS) is 9.38. The third-order valence-corrected chi connectivity index (χ3v) is 1.51. The quantitative estimate of drug-likeness (QED) is 0.539. The van der Waals surface area contributed by atoms with Crippen molar-refractivity contribution in [1.29, 1.82) is 0 Å². The van der Waals surface area contributed by atoms with Gasteiger partial charge in [-0.3, -0.25) is 0 Å². The molecule has 0 aliphatic rings. The zero-order valence-corrected chi connectivity index (χ0v) is 8.70. The number of hydrogen-bond acceptors (Lipinski definition) is 3. The molecule has 0 N–H and O–H groups in total. The minimum absolute atomic E-state index is 0.845. The maximum absolute atomic E-state index is 5.46. The van der Waals surface area contributed by atoms with Gasteiger partial charge in [-0.2, -0.15) is 4.94 Å². The Morgan fingerprint density at radius 3 is 1.62 bits per heavy atom. The summed E-state index contributed by atoms with van der Waals surface area (Å²) < 4.78 is 0. The third-order valence-electron chi connectivity index (χ3n) is 1.51. The smallest absolute Gasteiger partial charge is 0.0470 e. The summed E-state index contributed by atoms with van der Waals surface area (Å²) in [6.45, 7) is 13.2. The summed E-state index contributed by atoms with van der Waals surface area (Å²) in [5.74, 6) is 0. The van der Waals surface area contributed by atoms with Crippen molar-refractivity contribution in [3.8, 4) is 0 Å². The van der Waals surface area contributed by atoms with E-state index in [4.69, 9.17) is 4.94 Å². The van der Waals surface area contributed by atoms with Crippen LogP contribution in [0.2, 0.25) is 0 Å². The maximum Gasteiger partial charge on any atom is 0.0470 e. The van der Waals surface area contributed by atoms with E-state index < -0.39 is 0 Å². The molecule has 0 fully saturated rings. The monoisotopic (exact) mass is 184 g/mol. The van der Waals surface area contributed by atoms with Crippen LogP contribution in [0.1, 0.15) is 26.7 Å². The minimum atomic E-state index is 0.845. The number of hydroxylamine groups is 4. The lowest BCUT2D eigenvalue weighted by Gasteiger charge is -2.25. The van der Waals surface area contributed by atoms with Gasteiger partial charge in [0.25, 0.3) is 0 Å². The number of nitrogens with zero attached hydrogens (tertiary/aromatic N) is 2. The molecule has 0 heterocycles. The SMILES string of the molecule is C=CN(CCC)ON(C=C)CCC. The van der Waals surface area contributed by atoms with Gasteiger partial charge in [0.1, 0.15) is 0 Å². The highest BCUT2D eigenvalue weighted by Crippen LogP contribution is 2.00. The predicted molar refractivity (Wildman–Crippen MR) is 55.5 cm³/mol. The summed E-state index contributed by atoms with van der Waals surface area (Å²) in [4.78, 5) is 5.46. The van der Waals surface area contributed by atoms with Crippen molar-refractivity contribution < 1.29 is 4.94 Å². The van der Waals surface area contributed by atoms with Gasteiger partial charge < -0.3 is 0 Å². The molecule has 0 saturated heterocycles. The van der Waals surface area contributed by atoms with Crippen LogP contribution in [0, 0.1) is 0 Å². The van der Waals surface area contributed by atoms with Crippen LogP contribution in [-0.2, 0) is 4.94 Å². The fraction of sp³-hybridized carbons (Fsp3) is 0.600. The molecule has 0 radical (unpaired) electrons. The summed E-state index contributed by atoms with van der Waals surface area (Å²) in [7, 11) is 0. The molecule has 3 nitrogen and oxygen atoms in total. The Labute approximate surface area is 81.2 Å². The summed E-state index contributed by atoms with van der Waals surface area (Å²) >= 11 is 0. The van der Waals surface area contributed by atoms with Crippen molar-refractivity contribution in [2.45, 2.75) is 26.7 Å². The van der Waals surface area contributed by atoms with Crippen molar-refractivity contribution in [3.05, 3.63) is 25.6 Å². The highest BCUT2D eigenvalue weighted by molar-refractivity contribution is 4.65. The molecule has 76 valence electrons. The third kappa shape index (κ3) is 5.31. The van der Waals surface area contributed by atoms with Crippen LogP contribution in [0.25, 0.3) is 0 Å². The zero-order chi connectivity index (χ0) is 10.1. The second-order valence-corrected chi connectivity index (χ2v) is 2.73. The van der Waals surface area contributed by atoms with Gasteiger partial charge in [-0.1, -0.05) is 27.0 Å². The van der Waals surface area contributed by atoms with E-state index in [1.807, 2.05) is 0 Å². The summed E-state index contributed by atoms with van der Waals surface area (Å²) in [6.07, 6.45) is 5.41. The molecule has 0 amide bonds. The Balaban J connectivity index is 3.86. The molecular weight excluding hydrogens is 164 g/mol. The van der Waals surface area contributed by atoms with E-state index in [0.29, 0.717) is 0 Å². The second-order valence-electron chi connectivity index (χ2n) is 2.73. The first-order valence-electron chi connectivity index (χ1n) is 4.74. The molecule has 0 aromatic rings. The van der Waals surface area contributed by atoms with Crippen molar-refractivity contribution in [3.63, 3.8) is 0 Å². The molecule has 0 spiro atoms. The highest BCUT2D eigenvalue weighted by atomic mass is 16.8. The van der Waals surface area contributed by atoms with Crippen molar-refractivity contribution in [2.24, 2.45) is 0 Å². The first kappa shape index (κ1) is 12.0. The fourth-order valence-electron chi connectivity index (χ4n) is 0.906. The van der Waals surface area contributed by atoms with Crippen LogP contribution in [0.4, 0.5) is 0 Å². The molecule has 0 aromatic heterocycles. The average molecular weight is 184 g/mol. The molecule has 0 aromatic carbocycles. The van der Waals surface area contributed by atoms with Gasteiger partial charge >= 0.3 is 0 Å². The average Bonchev–Trinajstić information content (AvgIpc) is 2.16. The van der Waals surface area contributed by atoms with Crippen LogP contribution in [0.5, 0.6) is 0 Å². The first-order chi connectivity index (χ1) is 6.28. The van der Waals surface area contributed by atoms with Crippen LogP contribution in [-0.4, -0.2) is 23.2 Å². The molecule has 0 atom stereocenters. The van der Waals surface area contributed by atoms with E-state index >= 15 is 0 Å². The van der Waals surface area contributed by atoms with Gasteiger partial charge in [-0.15, -0.1) is 0 Å². The fourth-order valence-corrected chi connectivity index (χ4v) is 0.906. The number of rotatable bonds is 8. The van der Waals surface area contributed by atoms with E-state index in [2.05, 4.69) is 27.0 Å². The highest BCUT2D eigenvalue weighted by Gasteiger charge is 2.02. The van der Waals surface area contributed by atoms with Gasteiger partial charge in [0.2, 0.25) is 0 Å². The van der Waals surface area contributed by atoms with E-state index in [1.54, 1.807) is 22.5 Å². The topological polar surface area (TPSA) is 15.7 Å². The van der Waals surface area contributed by atoms with Crippen molar-refractivity contribution in [2.75, 3.05) is 13.1 Å². The molecule has 3 heteroatoms. The molecule has 0 bridgehead atoms. The van der Waals surface area contributed by atoms with E-state index in [-0.39, 0.29) is 0 Å². The lowest BCUT2D eigenvalue weighted by atomic mass is 10.5. The Morgan fingerprint density at radius 1 is 1.00 bits per heavy atom. The maximum atomic E-state index is 5.46. The second kappa shape index (κ2) is 7.68. The molecule has 0 aliphatic carbocycles. The standard InChI is InChI=1S/C10H20N2O/c1-5-9-11(7-3)13-12(8-4)10-6-2/h7-8H,3-6,9-10H2,1-2H3. The Hall–Kier alpha value is -0.960. The molecule has 13 heavy (non-hydrogen) atoms. The Morgan fingerprint density at radius 2 is 1.38 bits per heavy atom. The largest absolute Gasteiger partial charge is 0.237 e. The predicted octanol–water partition coefficient (Wildman–Crippen LogP) is 2.54. The van der Waals surface area contributed by atoms with Gasteiger partial charge in [-0.25, -0.2) is 10.1 Å². The summed E-state index contributed by atoms with van der Waals surface area (Å²) in [6, 6.07) is 0. The lowest BCUT2D eigenvalue weighted by Crippen LogP contribution is -2.29. The minimum Gasteiger partial charge on any atom is -0.237 e. The van der Waals surface area contributed by atoms with E-state index in [9.17, 15) is 0 Å². The summed E-state index contributed by atoms with van der Waals surface area (Å²) in [5, 5.41) is 3.41.